The third kappa shape index (κ3) is 3.65. The first-order chi connectivity index (χ1) is 9.48. The van der Waals surface area contributed by atoms with Crippen molar-refractivity contribution in [1.29, 1.82) is 5.26 Å². The quantitative estimate of drug-likeness (QED) is 0.915. The second kappa shape index (κ2) is 5.53. The van der Waals surface area contributed by atoms with E-state index in [0.717, 1.165) is 0 Å². The molecule has 102 valence electrons. The van der Waals surface area contributed by atoms with Crippen molar-refractivity contribution in [2.24, 2.45) is 0 Å². The standard InChI is InChI=1S/C14H9F3N2O/c15-14(16,17)20-12-7-5-11(6-8-12)19-13-4-2-1-3-10(13)9-18/h1-8,19H. The second-order valence-electron chi connectivity index (χ2n) is 3.85. The van der Waals surface area contributed by atoms with E-state index in [2.05, 4.69) is 10.1 Å². The molecule has 2 aromatic rings. The third-order valence-electron chi connectivity index (χ3n) is 2.41. The highest BCUT2D eigenvalue weighted by molar-refractivity contribution is 5.66. The van der Waals surface area contributed by atoms with Crippen LogP contribution < -0.4 is 10.1 Å². The van der Waals surface area contributed by atoms with Gasteiger partial charge in [-0.3, -0.25) is 0 Å². The van der Waals surface area contributed by atoms with E-state index >= 15 is 0 Å². The van der Waals surface area contributed by atoms with Crippen LogP contribution in [0.3, 0.4) is 0 Å². The minimum Gasteiger partial charge on any atom is -0.406 e. The van der Waals surface area contributed by atoms with E-state index in [9.17, 15) is 13.2 Å². The Morgan fingerprint density at radius 3 is 2.25 bits per heavy atom. The molecular formula is C14H9F3N2O. The molecule has 0 aliphatic heterocycles. The second-order valence-corrected chi connectivity index (χ2v) is 3.85. The average molecular weight is 278 g/mol. The summed E-state index contributed by atoms with van der Waals surface area (Å²) in [5.74, 6) is -0.295. The van der Waals surface area contributed by atoms with Crippen molar-refractivity contribution in [2.75, 3.05) is 5.32 Å². The van der Waals surface area contributed by atoms with Gasteiger partial charge in [0.05, 0.1) is 11.3 Å². The summed E-state index contributed by atoms with van der Waals surface area (Å²) in [7, 11) is 0. The molecule has 6 heteroatoms. The maximum atomic E-state index is 12.0. The van der Waals surface area contributed by atoms with E-state index in [1.54, 1.807) is 24.3 Å². The summed E-state index contributed by atoms with van der Waals surface area (Å²) in [4.78, 5) is 0. The largest absolute Gasteiger partial charge is 0.573 e. The molecular weight excluding hydrogens is 269 g/mol. The summed E-state index contributed by atoms with van der Waals surface area (Å²) >= 11 is 0. The first-order valence-electron chi connectivity index (χ1n) is 5.60. The van der Waals surface area contributed by atoms with E-state index in [-0.39, 0.29) is 5.75 Å². The van der Waals surface area contributed by atoms with Gasteiger partial charge in [-0.25, -0.2) is 0 Å². The Hall–Kier alpha value is -2.68. The zero-order chi connectivity index (χ0) is 14.6. The highest BCUT2D eigenvalue weighted by atomic mass is 19.4. The number of ether oxygens (including phenoxy) is 1. The number of nitrogens with zero attached hydrogens (tertiary/aromatic N) is 1. The van der Waals surface area contributed by atoms with Gasteiger partial charge in [0.2, 0.25) is 0 Å². The fourth-order valence-electron chi connectivity index (χ4n) is 1.59. The molecule has 0 aliphatic rings. The molecule has 0 fully saturated rings. The lowest BCUT2D eigenvalue weighted by Gasteiger charge is -2.11. The summed E-state index contributed by atoms with van der Waals surface area (Å²) in [6, 6.07) is 14.1. The predicted octanol–water partition coefficient (Wildman–Crippen LogP) is 4.20. The Morgan fingerprint density at radius 2 is 1.65 bits per heavy atom. The van der Waals surface area contributed by atoms with E-state index in [1.165, 1.54) is 24.3 Å². The summed E-state index contributed by atoms with van der Waals surface area (Å²) in [5.41, 5.74) is 1.59. The monoisotopic (exact) mass is 278 g/mol. The Bertz CT molecular complexity index is 630. The molecule has 2 aromatic carbocycles. The number of nitrogens with one attached hydrogen (secondary N) is 1. The molecule has 0 heterocycles. The minimum absolute atomic E-state index is 0.295. The molecule has 1 N–H and O–H groups in total. The van der Waals surface area contributed by atoms with Gasteiger partial charge in [0.1, 0.15) is 11.8 Å². The van der Waals surface area contributed by atoms with Gasteiger partial charge in [-0.2, -0.15) is 5.26 Å². The first kappa shape index (κ1) is 13.7. The number of nitriles is 1. The minimum atomic E-state index is -4.71. The Kier molecular flexibility index (Phi) is 3.80. The number of anilines is 2. The van der Waals surface area contributed by atoms with Crippen molar-refractivity contribution >= 4 is 11.4 Å². The Balaban J connectivity index is 2.13. The molecule has 2 rings (SSSR count). The molecule has 0 aliphatic carbocycles. The molecule has 0 atom stereocenters. The summed E-state index contributed by atoms with van der Waals surface area (Å²) < 4.78 is 39.8. The van der Waals surface area contributed by atoms with Crippen LogP contribution in [0.4, 0.5) is 24.5 Å². The number of hydrogen-bond donors (Lipinski definition) is 1. The molecule has 0 spiro atoms. The van der Waals surface area contributed by atoms with E-state index in [1.807, 2.05) is 6.07 Å². The molecule has 0 unspecified atom stereocenters. The summed E-state index contributed by atoms with van der Waals surface area (Å²) in [6.07, 6.45) is -4.71. The lowest BCUT2D eigenvalue weighted by Crippen LogP contribution is -2.16. The summed E-state index contributed by atoms with van der Waals surface area (Å²) in [5, 5.41) is 11.9. The van der Waals surface area contributed by atoms with Crippen molar-refractivity contribution in [3.05, 3.63) is 54.1 Å². The number of rotatable bonds is 3. The van der Waals surface area contributed by atoms with Gasteiger partial charge < -0.3 is 10.1 Å². The maximum absolute atomic E-state index is 12.0. The highest BCUT2D eigenvalue weighted by Crippen LogP contribution is 2.26. The van der Waals surface area contributed by atoms with Crippen molar-refractivity contribution < 1.29 is 17.9 Å². The van der Waals surface area contributed by atoms with Crippen LogP contribution in [0.25, 0.3) is 0 Å². The third-order valence-corrected chi connectivity index (χ3v) is 2.41. The molecule has 20 heavy (non-hydrogen) atoms. The smallest absolute Gasteiger partial charge is 0.406 e. The molecule has 0 amide bonds. The maximum Gasteiger partial charge on any atom is 0.573 e. The van der Waals surface area contributed by atoms with Gasteiger partial charge in [-0.1, -0.05) is 12.1 Å². The molecule has 0 saturated carbocycles. The average Bonchev–Trinajstić information content (AvgIpc) is 2.40. The van der Waals surface area contributed by atoms with Crippen LogP contribution in [0.5, 0.6) is 5.75 Å². The number of halogens is 3. The zero-order valence-corrected chi connectivity index (χ0v) is 10.1. The van der Waals surface area contributed by atoms with Crippen LogP contribution in [-0.4, -0.2) is 6.36 Å². The first-order valence-corrected chi connectivity index (χ1v) is 5.60. The fourth-order valence-corrected chi connectivity index (χ4v) is 1.59. The Labute approximate surface area is 113 Å². The van der Waals surface area contributed by atoms with Crippen LogP contribution in [0.1, 0.15) is 5.56 Å². The molecule has 0 aromatic heterocycles. The summed E-state index contributed by atoms with van der Waals surface area (Å²) in [6.45, 7) is 0. The predicted molar refractivity (Wildman–Crippen MR) is 67.6 cm³/mol. The van der Waals surface area contributed by atoms with Gasteiger partial charge >= 0.3 is 6.36 Å². The van der Waals surface area contributed by atoms with Gasteiger partial charge in [0.25, 0.3) is 0 Å². The van der Waals surface area contributed by atoms with E-state index < -0.39 is 6.36 Å². The molecule has 0 radical (unpaired) electrons. The van der Waals surface area contributed by atoms with Gasteiger partial charge in [-0.05, 0) is 36.4 Å². The number of benzene rings is 2. The van der Waals surface area contributed by atoms with E-state index in [4.69, 9.17) is 5.26 Å². The molecule has 3 nitrogen and oxygen atoms in total. The highest BCUT2D eigenvalue weighted by Gasteiger charge is 2.30. The molecule has 0 bridgehead atoms. The SMILES string of the molecule is N#Cc1ccccc1Nc1ccc(OC(F)(F)F)cc1. The van der Waals surface area contributed by atoms with Gasteiger partial charge in [-0.15, -0.1) is 13.2 Å². The van der Waals surface area contributed by atoms with Crippen LogP contribution in [0, 0.1) is 11.3 Å². The van der Waals surface area contributed by atoms with Crippen molar-refractivity contribution in [3.8, 4) is 11.8 Å². The lowest BCUT2D eigenvalue weighted by atomic mass is 10.2. The van der Waals surface area contributed by atoms with Crippen molar-refractivity contribution in [1.82, 2.24) is 0 Å². The van der Waals surface area contributed by atoms with Crippen LogP contribution >= 0.6 is 0 Å². The number of alkyl halides is 3. The van der Waals surface area contributed by atoms with Crippen LogP contribution in [0.2, 0.25) is 0 Å². The van der Waals surface area contributed by atoms with Gasteiger partial charge in [0.15, 0.2) is 0 Å². The number of para-hydroxylation sites is 1. The zero-order valence-electron chi connectivity index (χ0n) is 10.1. The van der Waals surface area contributed by atoms with Crippen molar-refractivity contribution in [2.45, 2.75) is 6.36 Å². The van der Waals surface area contributed by atoms with E-state index in [0.29, 0.717) is 16.9 Å². The van der Waals surface area contributed by atoms with Crippen molar-refractivity contribution in [3.63, 3.8) is 0 Å². The van der Waals surface area contributed by atoms with Gasteiger partial charge in [0, 0.05) is 5.69 Å². The van der Waals surface area contributed by atoms with Crippen LogP contribution in [0.15, 0.2) is 48.5 Å². The fraction of sp³-hybridized carbons (Fsp3) is 0.0714. The number of hydrogen-bond acceptors (Lipinski definition) is 3. The molecule has 0 saturated heterocycles. The normalized spacial score (nSPS) is 10.7. The Morgan fingerprint density at radius 1 is 1.00 bits per heavy atom. The lowest BCUT2D eigenvalue weighted by molar-refractivity contribution is -0.274. The van der Waals surface area contributed by atoms with Crippen LogP contribution in [-0.2, 0) is 0 Å². The topological polar surface area (TPSA) is 45.0 Å².